The van der Waals surface area contributed by atoms with Gasteiger partial charge in [-0.3, -0.25) is 4.57 Å². The van der Waals surface area contributed by atoms with Gasteiger partial charge in [0, 0.05) is 44.7 Å². The minimum atomic E-state index is 0.972. The van der Waals surface area contributed by atoms with Gasteiger partial charge in [0.15, 0.2) is 0 Å². The normalized spacial score (nSPS) is 11.7. The molecule has 0 unspecified atom stereocenters. The number of nitrogens with zero attached hydrogens (tertiary/aromatic N) is 3. The molecule has 0 aliphatic rings. The summed E-state index contributed by atoms with van der Waals surface area (Å²) < 4.78 is 4.62. The maximum atomic E-state index is 5.08. The number of fused-ring (bicyclic) bond motifs is 6. The Morgan fingerprint density at radius 3 is 1.76 bits per heavy atom. The van der Waals surface area contributed by atoms with Gasteiger partial charge in [0.05, 0.1) is 16.6 Å². The van der Waals surface area contributed by atoms with Gasteiger partial charge >= 0.3 is 0 Å². The van der Waals surface area contributed by atoms with Crippen molar-refractivity contribution in [2.75, 3.05) is 0 Å². The zero-order valence-electron chi connectivity index (χ0n) is 20.6. The summed E-state index contributed by atoms with van der Waals surface area (Å²) in [7, 11) is 0. The number of aromatic nitrogens is 3. The zero-order chi connectivity index (χ0) is 25.1. The van der Waals surface area contributed by atoms with E-state index in [1.54, 1.807) is 0 Å². The van der Waals surface area contributed by atoms with Crippen molar-refractivity contribution < 1.29 is 0 Å². The van der Waals surface area contributed by atoms with E-state index in [0.717, 1.165) is 33.5 Å². The lowest BCUT2D eigenvalue weighted by molar-refractivity contribution is 1.14. The van der Waals surface area contributed by atoms with Crippen molar-refractivity contribution in [3.05, 3.63) is 140 Å². The number of benzene rings is 5. The molecule has 0 fully saturated rings. The number of hydrogen-bond donors (Lipinski definition) is 0. The molecule has 0 amide bonds. The van der Waals surface area contributed by atoms with Crippen molar-refractivity contribution in [3.8, 4) is 22.5 Å². The van der Waals surface area contributed by atoms with Crippen LogP contribution in [0.2, 0.25) is 0 Å². The molecule has 5 aromatic carbocycles. The average Bonchev–Trinajstić information content (AvgIpc) is 3.51. The molecular weight excluding hydrogens is 462 g/mol. The summed E-state index contributed by atoms with van der Waals surface area (Å²) in [5.41, 5.74) is 9.13. The Kier molecular flexibility index (Phi) is 4.52. The van der Waals surface area contributed by atoms with E-state index in [2.05, 4.69) is 143 Å². The number of pyridine rings is 1. The molecule has 8 aromatic rings. The lowest BCUT2D eigenvalue weighted by atomic mass is 9.99. The van der Waals surface area contributed by atoms with Gasteiger partial charge in [-0.2, -0.15) is 0 Å². The molecule has 0 bridgehead atoms. The highest BCUT2D eigenvalue weighted by Crippen LogP contribution is 2.40. The summed E-state index contributed by atoms with van der Waals surface area (Å²) in [4.78, 5) is 5.08. The molecule has 3 heterocycles. The third kappa shape index (κ3) is 2.99. The lowest BCUT2D eigenvalue weighted by Gasteiger charge is -2.09. The largest absolute Gasteiger partial charge is 0.309 e. The van der Waals surface area contributed by atoms with E-state index in [0.29, 0.717) is 0 Å². The second-order valence-electron chi connectivity index (χ2n) is 9.67. The van der Waals surface area contributed by atoms with Gasteiger partial charge < -0.3 is 4.57 Å². The van der Waals surface area contributed by atoms with E-state index in [1.165, 1.54) is 32.8 Å². The molecule has 3 nitrogen and oxygen atoms in total. The van der Waals surface area contributed by atoms with Crippen LogP contribution in [0.4, 0.5) is 0 Å². The lowest BCUT2D eigenvalue weighted by Crippen LogP contribution is -1.95. The average molecular weight is 486 g/mol. The fourth-order valence-corrected chi connectivity index (χ4v) is 5.95. The molecule has 0 aliphatic heterocycles. The van der Waals surface area contributed by atoms with Crippen LogP contribution in [-0.2, 0) is 0 Å². The third-order valence-electron chi connectivity index (χ3n) is 7.55. The van der Waals surface area contributed by atoms with E-state index < -0.39 is 0 Å². The minimum absolute atomic E-state index is 0.972. The summed E-state index contributed by atoms with van der Waals surface area (Å²) >= 11 is 0. The van der Waals surface area contributed by atoms with Gasteiger partial charge in [-0.05, 0) is 54.1 Å². The molecule has 3 heteroatoms. The van der Waals surface area contributed by atoms with Crippen LogP contribution in [0.25, 0.3) is 66.2 Å². The monoisotopic (exact) mass is 485 g/mol. The Morgan fingerprint density at radius 2 is 1.03 bits per heavy atom. The van der Waals surface area contributed by atoms with Crippen molar-refractivity contribution in [2.24, 2.45) is 0 Å². The molecule has 178 valence electrons. The van der Waals surface area contributed by atoms with Crippen LogP contribution < -0.4 is 0 Å². The van der Waals surface area contributed by atoms with E-state index in [4.69, 9.17) is 4.98 Å². The van der Waals surface area contributed by atoms with Gasteiger partial charge in [-0.25, -0.2) is 4.98 Å². The van der Waals surface area contributed by atoms with Crippen molar-refractivity contribution in [2.45, 2.75) is 0 Å². The first-order valence-corrected chi connectivity index (χ1v) is 12.9. The molecule has 0 saturated carbocycles. The third-order valence-corrected chi connectivity index (χ3v) is 7.55. The Hall–Kier alpha value is -5.15. The maximum Gasteiger partial charge on any atom is 0.145 e. The van der Waals surface area contributed by atoms with Gasteiger partial charge in [-0.1, -0.05) is 84.9 Å². The van der Waals surface area contributed by atoms with E-state index in [9.17, 15) is 0 Å². The Bertz CT molecular complexity index is 2120. The van der Waals surface area contributed by atoms with Crippen molar-refractivity contribution >= 4 is 43.7 Å². The maximum absolute atomic E-state index is 5.08. The Labute approximate surface area is 219 Å². The second-order valence-corrected chi connectivity index (χ2v) is 9.67. The number of rotatable bonds is 3. The van der Waals surface area contributed by atoms with Gasteiger partial charge in [0.25, 0.3) is 0 Å². The molecule has 3 aromatic heterocycles. The summed E-state index contributed by atoms with van der Waals surface area (Å²) in [6.45, 7) is 0. The summed E-state index contributed by atoms with van der Waals surface area (Å²) in [5.74, 6) is 0. The van der Waals surface area contributed by atoms with Crippen LogP contribution in [0.1, 0.15) is 0 Å². The first-order chi connectivity index (χ1) is 18.9. The molecule has 0 spiro atoms. The highest BCUT2D eigenvalue weighted by Gasteiger charge is 2.18. The SMILES string of the molecule is c1ccc(-n2c3ccccc3c3c(-c4cnc5c(c4)c4ccccc4n5-c4ccccc4)cccc32)cc1. The molecule has 0 aliphatic carbocycles. The van der Waals surface area contributed by atoms with Gasteiger partial charge in [0.2, 0.25) is 0 Å². The van der Waals surface area contributed by atoms with Crippen molar-refractivity contribution in [3.63, 3.8) is 0 Å². The van der Waals surface area contributed by atoms with Gasteiger partial charge in [0.1, 0.15) is 5.65 Å². The zero-order valence-corrected chi connectivity index (χ0v) is 20.6. The molecule has 0 N–H and O–H groups in total. The standard InChI is InChI=1S/C35H23N3/c1-3-12-25(13-4-1)37-32-20-10-8-17-29(32)34-27(18-11-21-33(34)37)24-22-30-28-16-7-9-19-31(28)38(35(30)36-23-24)26-14-5-2-6-15-26/h1-23H. The van der Waals surface area contributed by atoms with Crippen LogP contribution in [-0.4, -0.2) is 14.1 Å². The molecule has 8 rings (SSSR count). The molecular formula is C35H23N3. The van der Waals surface area contributed by atoms with Crippen molar-refractivity contribution in [1.82, 2.24) is 14.1 Å². The molecule has 38 heavy (non-hydrogen) atoms. The number of hydrogen-bond acceptors (Lipinski definition) is 1. The topological polar surface area (TPSA) is 22.8 Å². The predicted molar refractivity (Wildman–Crippen MR) is 158 cm³/mol. The van der Waals surface area contributed by atoms with Crippen LogP contribution in [0.5, 0.6) is 0 Å². The van der Waals surface area contributed by atoms with Crippen LogP contribution in [0.15, 0.2) is 140 Å². The first kappa shape index (κ1) is 21.0. The second kappa shape index (κ2) is 8.19. The van der Waals surface area contributed by atoms with Crippen molar-refractivity contribution in [1.29, 1.82) is 0 Å². The summed E-state index contributed by atoms with van der Waals surface area (Å²) in [6, 6.07) is 47.3. The van der Waals surface area contributed by atoms with E-state index in [-0.39, 0.29) is 0 Å². The quantitative estimate of drug-likeness (QED) is 0.245. The van der Waals surface area contributed by atoms with E-state index in [1.807, 2.05) is 6.20 Å². The van der Waals surface area contributed by atoms with Gasteiger partial charge in [-0.15, -0.1) is 0 Å². The molecule has 0 radical (unpaired) electrons. The predicted octanol–water partition coefficient (Wildman–Crippen LogP) is 8.94. The minimum Gasteiger partial charge on any atom is -0.309 e. The number of para-hydroxylation sites is 4. The Morgan fingerprint density at radius 1 is 0.447 bits per heavy atom. The van der Waals surface area contributed by atoms with Crippen LogP contribution in [0, 0.1) is 0 Å². The van der Waals surface area contributed by atoms with E-state index >= 15 is 0 Å². The van der Waals surface area contributed by atoms with Crippen LogP contribution >= 0.6 is 0 Å². The molecule has 0 atom stereocenters. The fourth-order valence-electron chi connectivity index (χ4n) is 5.95. The summed E-state index contributed by atoms with van der Waals surface area (Å²) in [5, 5.41) is 4.86. The van der Waals surface area contributed by atoms with Crippen LogP contribution in [0.3, 0.4) is 0 Å². The molecule has 0 saturated heterocycles. The highest BCUT2D eigenvalue weighted by atomic mass is 15.0. The first-order valence-electron chi connectivity index (χ1n) is 12.9. The fraction of sp³-hybridized carbons (Fsp3) is 0. The summed E-state index contributed by atoms with van der Waals surface area (Å²) in [6.07, 6.45) is 2.03. The highest BCUT2D eigenvalue weighted by molar-refractivity contribution is 6.17. The Balaban J connectivity index is 1.44. The smallest absolute Gasteiger partial charge is 0.145 e.